The van der Waals surface area contributed by atoms with E-state index in [-0.39, 0.29) is 13.2 Å². The fourth-order valence-corrected chi connectivity index (χ4v) is 3.99. The zero-order valence-corrected chi connectivity index (χ0v) is 22.6. The summed E-state index contributed by atoms with van der Waals surface area (Å²) in [6, 6.07) is 9.26. The number of benzene rings is 2. The van der Waals surface area contributed by atoms with E-state index in [1.165, 1.54) is 11.8 Å². The summed E-state index contributed by atoms with van der Waals surface area (Å²) in [6.07, 6.45) is -0.740. The first-order valence-electron chi connectivity index (χ1n) is 12.1. The number of carbonyl (C=O) groups is 3. The minimum atomic E-state index is -1.04. The van der Waals surface area contributed by atoms with Crippen molar-refractivity contribution in [3.05, 3.63) is 64.2 Å². The highest BCUT2D eigenvalue weighted by atomic mass is 16.6. The third-order valence-corrected chi connectivity index (χ3v) is 5.96. The summed E-state index contributed by atoms with van der Waals surface area (Å²) in [7, 11) is 0. The lowest BCUT2D eigenvalue weighted by Crippen LogP contribution is -2.52. The number of anilines is 1. The topological polar surface area (TPSA) is 108 Å². The molecule has 0 radical (unpaired) electrons. The van der Waals surface area contributed by atoms with E-state index >= 15 is 0 Å². The molecule has 0 spiro atoms. The molecule has 3 amide bonds. The number of para-hydroxylation sites is 1. The molecular weight excluding hydrogens is 458 g/mol. The van der Waals surface area contributed by atoms with E-state index < -0.39 is 35.6 Å². The SMILES string of the molecule is Cc1cccc(C(C(=O)Nc2c(C)cccc2C)N(CCO)C(=O)C(C)NC(=O)OC(C)(C)C)c1C. The van der Waals surface area contributed by atoms with Crippen LogP contribution in [0.5, 0.6) is 0 Å². The smallest absolute Gasteiger partial charge is 0.408 e. The average Bonchev–Trinajstić information content (AvgIpc) is 2.77. The highest BCUT2D eigenvalue weighted by Gasteiger charge is 2.35. The molecule has 0 bridgehead atoms. The van der Waals surface area contributed by atoms with E-state index in [0.717, 1.165) is 22.3 Å². The van der Waals surface area contributed by atoms with E-state index in [9.17, 15) is 19.5 Å². The predicted molar refractivity (Wildman–Crippen MR) is 141 cm³/mol. The molecule has 8 heteroatoms. The number of aryl methyl sites for hydroxylation is 3. The molecule has 0 aromatic heterocycles. The van der Waals surface area contributed by atoms with Gasteiger partial charge < -0.3 is 25.4 Å². The molecule has 2 aromatic carbocycles. The van der Waals surface area contributed by atoms with Gasteiger partial charge in [0.2, 0.25) is 5.91 Å². The van der Waals surface area contributed by atoms with Crippen molar-refractivity contribution in [3.8, 4) is 0 Å². The summed E-state index contributed by atoms with van der Waals surface area (Å²) in [6.45, 7) is 13.9. The number of carbonyl (C=O) groups excluding carboxylic acids is 3. The first kappa shape index (κ1) is 28.8. The van der Waals surface area contributed by atoms with Gasteiger partial charge in [-0.15, -0.1) is 0 Å². The Labute approximate surface area is 214 Å². The summed E-state index contributed by atoms with van der Waals surface area (Å²) >= 11 is 0. The number of rotatable bonds is 8. The van der Waals surface area contributed by atoms with Crippen molar-refractivity contribution in [2.24, 2.45) is 0 Å². The van der Waals surface area contributed by atoms with Crippen LogP contribution in [0.4, 0.5) is 10.5 Å². The lowest BCUT2D eigenvalue weighted by atomic mass is 9.95. The van der Waals surface area contributed by atoms with Gasteiger partial charge in [-0.3, -0.25) is 9.59 Å². The number of amides is 3. The van der Waals surface area contributed by atoms with Crippen LogP contribution in [0.2, 0.25) is 0 Å². The van der Waals surface area contributed by atoms with Crippen molar-refractivity contribution in [2.75, 3.05) is 18.5 Å². The molecule has 36 heavy (non-hydrogen) atoms. The van der Waals surface area contributed by atoms with Gasteiger partial charge in [0.05, 0.1) is 6.61 Å². The van der Waals surface area contributed by atoms with Gasteiger partial charge >= 0.3 is 6.09 Å². The quantitative estimate of drug-likeness (QED) is 0.503. The van der Waals surface area contributed by atoms with E-state index in [2.05, 4.69) is 10.6 Å². The molecule has 0 heterocycles. The van der Waals surface area contributed by atoms with Crippen LogP contribution in [0.3, 0.4) is 0 Å². The Morgan fingerprint density at radius 2 is 1.53 bits per heavy atom. The Hall–Kier alpha value is -3.39. The molecule has 3 N–H and O–H groups in total. The van der Waals surface area contributed by atoms with Crippen LogP contribution in [0.15, 0.2) is 36.4 Å². The monoisotopic (exact) mass is 497 g/mol. The van der Waals surface area contributed by atoms with Crippen LogP contribution in [0.25, 0.3) is 0 Å². The highest BCUT2D eigenvalue weighted by molar-refractivity contribution is 6.00. The van der Waals surface area contributed by atoms with Gasteiger partial charge in [0.25, 0.3) is 5.91 Å². The average molecular weight is 498 g/mol. The maximum atomic E-state index is 13.8. The van der Waals surface area contributed by atoms with Crippen molar-refractivity contribution in [3.63, 3.8) is 0 Å². The largest absolute Gasteiger partial charge is 0.444 e. The molecule has 2 atom stereocenters. The molecule has 0 aliphatic carbocycles. The third kappa shape index (κ3) is 7.31. The van der Waals surface area contributed by atoms with E-state index in [0.29, 0.717) is 11.3 Å². The number of alkyl carbamates (subject to hydrolysis) is 1. The Balaban J connectivity index is 2.50. The molecule has 2 aromatic rings. The van der Waals surface area contributed by atoms with Crippen LogP contribution in [-0.4, -0.2) is 52.7 Å². The number of hydrogen-bond acceptors (Lipinski definition) is 5. The van der Waals surface area contributed by atoms with Gasteiger partial charge in [0.1, 0.15) is 17.7 Å². The van der Waals surface area contributed by atoms with Gasteiger partial charge in [0.15, 0.2) is 0 Å². The number of aliphatic hydroxyl groups excluding tert-OH is 1. The van der Waals surface area contributed by atoms with Crippen LogP contribution < -0.4 is 10.6 Å². The van der Waals surface area contributed by atoms with Gasteiger partial charge in [-0.25, -0.2) is 4.79 Å². The number of ether oxygens (including phenoxy) is 1. The Morgan fingerprint density at radius 1 is 0.972 bits per heavy atom. The predicted octanol–water partition coefficient (Wildman–Crippen LogP) is 4.33. The molecule has 196 valence electrons. The molecule has 0 saturated heterocycles. The zero-order valence-electron chi connectivity index (χ0n) is 22.6. The van der Waals surface area contributed by atoms with E-state index in [1.54, 1.807) is 26.8 Å². The maximum absolute atomic E-state index is 13.8. The lowest BCUT2D eigenvalue weighted by molar-refractivity contribution is -0.141. The van der Waals surface area contributed by atoms with Crippen molar-refractivity contribution in [1.82, 2.24) is 10.2 Å². The van der Waals surface area contributed by atoms with Crippen LogP contribution in [0.1, 0.15) is 61.6 Å². The van der Waals surface area contributed by atoms with Crippen LogP contribution >= 0.6 is 0 Å². The summed E-state index contributed by atoms with van der Waals surface area (Å²) in [5.74, 6) is -0.926. The molecule has 2 rings (SSSR count). The lowest BCUT2D eigenvalue weighted by Gasteiger charge is -2.34. The summed E-state index contributed by atoms with van der Waals surface area (Å²) in [4.78, 5) is 41.1. The number of hydrogen-bond donors (Lipinski definition) is 3. The molecule has 0 saturated carbocycles. The van der Waals surface area contributed by atoms with Crippen LogP contribution in [0, 0.1) is 27.7 Å². The standard InChI is InChI=1S/C28H39N3O5/c1-17-11-10-14-22(20(17)4)24(25(33)30-23-18(2)12-9-13-19(23)3)31(15-16-32)26(34)21(5)29-27(35)36-28(6,7)8/h9-14,21,24,32H,15-16H2,1-8H3,(H,29,35)(H,30,33). The Morgan fingerprint density at radius 3 is 2.08 bits per heavy atom. The first-order chi connectivity index (χ1) is 16.8. The zero-order chi connectivity index (χ0) is 27.2. The highest BCUT2D eigenvalue weighted by Crippen LogP contribution is 2.29. The number of nitrogens with one attached hydrogen (secondary N) is 2. The van der Waals surface area contributed by atoms with Crippen LogP contribution in [-0.2, 0) is 14.3 Å². The fraction of sp³-hybridized carbons (Fsp3) is 0.464. The molecule has 8 nitrogen and oxygen atoms in total. The van der Waals surface area contributed by atoms with Gasteiger partial charge in [-0.2, -0.15) is 0 Å². The second-order valence-electron chi connectivity index (χ2n) is 10.1. The van der Waals surface area contributed by atoms with Gasteiger partial charge in [-0.1, -0.05) is 36.4 Å². The van der Waals surface area contributed by atoms with Crippen molar-refractivity contribution < 1.29 is 24.2 Å². The second kappa shape index (κ2) is 12.0. The second-order valence-corrected chi connectivity index (χ2v) is 10.1. The number of nitrogens with zero attached hydrogens (tertiary/aromatic N) is 1. The fourth-order valence-electron chi connectivity index (χ4n) is 3.99. The minimum absolute atomic E-state index is 0.0998. The molecule has 0 fully saturated rings. The maximum Gasteiger partial charge on any atom is 0.408 e. The third-order valence-electron chi connectivity index (χ3n) is 5.96. The Bertz CT molecular complexity index is 1090. The summed E-state index contributed by atoms with van der Waals surface area (Å²) in [5, 5.41) is 15.4. The molecular formula is C28H39N3O5. The molecule has 0 aliphatic heterocycles. The van der Waals surface area contributed by atoms with Crippen molar-refractivity contribution in [1.29, 1.82) is 0 Å². The number of aliphatic hydroxyl groups is 1. The van der Waals surface area contributed by atoms with Gasteiger partial charge in [-0.05, 0) is 83.2 Å². The van der Waals surface area contributed by atoms with E-state index in [4.69, 9.17) is 4.74 Å². The van der Waals surface area contributed by atoms with Crippen molar-refractivity contribution in [2.45, 2.75) is 73.1 Å². The molecule has 0 aliphatic rings. The molecule has 2 unspecified atom stereocenters. The normalized spacial score (nSPS) is 12.9. The van der Waals surface area contributed by atoms with Crippen molar-refractivity contribution >= 4 is 23.6 Å². The summed E-state index contributed by atoms with van der Waals surface area (Å²) < 4.78 is 5.28. The first-order valence-corrected chi connectivity index (χ1v) is 12.1. The summed E-state index contributed by atoms with van der Waals surface area (Å²) in [5.41, 5.74) is 4.20. The van der Waals surface area contributed by atoms with Gasteiger partial charge in [0, 0.05) is 12.2 Å². The van der Waals surface area contributed by atoms with E-state index in [1.807, 2.05) is 58.0 Å². The minimum Gasteiger partial charge on any atom is -0.444 e. The Kier molecular flexibility index (Phi) is 9.64.